The fourth-order valence-electron chi connectivity index (χ4n) is 0.896. The first kappa shape index (κ1) is 12.0. The molecule has 3 N–H and O–H groups in total. The van der Waals surface area contributed by atoms with E-state index in [1.54, 1.807) is 0 Å². The molecule has 5 heteroatoms. The van der Waals surface area contributed by atoms with Gasteiger partial charge in [-0.1, -0.05) is 25.9 Å². The Bertz CT molecular complexity index is 198. The molecule has 2 atom stereocenters. The summed E-state index contributed by atoms with van der Waals surface area (Å²) in [5.41, 5.74) is 4.95. The summed E-state index contributed by atoms with van der Waals surface area (Å²) < 4.78 is 0. The molecule has 13 heavy (non-hydrogen) atoms. The Morgan fingerprint density at radius 3 is 2.23 bits per heavy atom. The minimum Gasteiger partial charge on any atom is -0.480 e. The topological polar surface area (TPSA) is 92.8 Å². The Labute approximate surface area is 77.3 Å². The standard InChI is InChI=1S/C8H16N2O3/c1-8(2,3)6(10-13)4-5(9)7(11)12/h5-6H,4,9H2,1-3H3,(H,11,12). The lowest BCUT2D eigenvalue weighted by molar-refractivity contribution is -0.138. The van der Waals surface area contributed by atoms with Gasteiger partial charge in [-0.3, -0.25) is 4.79 Å². The van der Waals surface area contributed by atoms with Crippen molar-refractivity contribution in [2.24, 2.45) is 16.3 Å². The highest BCUT2D eigenvalue weighted by atomic mass is 16.4. The number of carbonyl (C=O) groups is 1. The molecule has 0 saturated carbocycles. The van der Waals surface area contributed by atoms with Crippen LogP contribution in [0.2, 0.25) is 0 Å². The Kier molecular flexibility index (Phi) is 4.00. The van der Waals surface area contributed by atoms with E-state index in [1.807, 2.05) is 20.8 Å². The van der Waals surface area contributed by atoms with Gasteiger partial charge in [0.25, 0.3) is 0 Å². The van der Waals surface area contributed by atoms with Crippen molar-refractivity contribution in [3.8, 4) is 0 Å². The molecule has 0 aliphatic heterocycles. The maximum absolute atomic E-state index is 10.4. The predicted molar refractivity (Wildman–Crippen MR) is 49.3 cm³/mol. The number of nitroso groups, excluding NO2 is 1. The lowest BCUT2D eigenvalue weighted by Gasteiger charge is -2.25. The van der Waals surface area contributed by atoms with Crippen molar-refractivity contribution in [3.05, 3.63) is 4.91 Å². The molecule has 0 spiro atoms. The fraction of sp³-hybridized carbons (Fsp3) is 0.875. The van der Waals surface area contributed by atoms with Crippen LogP contribution in [-0.4, -0.2) is 23.2 Å². The van der Waals surface area contributed by atoms with Gasteiger partial charge < -0.3 is 10.8 Å². The van der Waals surface area contributed by atoms with Gasteiger partial charge in [-0.15, -0.1) is 0 Å². The first-order chi connectivity index (χ1) is 5.79. The van der Waals surface area contributed by atoms with Crippen molar-refractivity contribution < 1.29 is 9.90 Å². The Morgan fingerprint density at radius 2 is 2.00 bits per heavy atom. The smallest absolute Gasteiger partial charge is 0.320 e. The number of aliphatic carboxylic acids is 1. The molecule has 0 heterocycles. The molecule has 76 valence electrons. The maximum atomic E-state index is 10.4. The second kappa shape index (κ2) is 4.32. The van der Waals surface area contributed by atoms with Gasteiger partial charge >= 0.3 is 5.97 Å². The Morgan fingerprint density at radius 1 is 1.54 bits per heavy atom. The molecule has 0 aromatic carbocycles. The number of rotatable bonds is 4. The average Bonchev–Trinajstić information content (AvgIpc) is 1.96. The number of nitrogens with zero attached hydrogens (tertiary/aromatic N) is 1. The van der Waals surface area contributed by atoms with Gasteiger partial charge in [-0.05, 0) is 11.8 Å². The van der Waals surface area contributed by atoms with E-state index in [-0.39, 0.29) is 11.8 Å². The first-order valence-electron chi connectivity index (χ1n) is 4.10. The molecule has 0 amide bonds. The highest BCUT2D eigenvalue weighted by molar-refractivity contribution is 5.73. The van der Waals surface area contributed by atoms with Gasteiger partial charge in [0.2, 0.25) is 0 Å². The molecule has 0 aromatic rings. The lowest BCUT2D eigenvalue weighted by Crippen LogP contribution is -2.37. The van der Waals surface area contributed by atoms with Crippen LogP contribution in [0.25, 0.3) is 0 Å². The number of hydrogen-bond acceptors (Lipinski definition) is 4. The van der Waals surface area contributed by atoms with Gasteiger partial charge in [0, 0.05) is 0 Å². The molecular weight excluding hydrogens is 172 g/mol. The summed E-state index contributed by atoms with van der Waals surface area (Å²) in [7, 11) is 0. The van der Waals surface area contributed by atoms with Crippen LogP contribution in [0.5, 0.6) is 0 Å². The third-order valence-electron chi connectivity index (χ3n) is 1.92. The van der Waals surface area contributed by atoms with Gasteiger partial charge in [-0.2, -0.15) is 4.91 Å². The van der Waals surface area contributed by atoms with Crippen LogP contribution in [-0.2, 0) is 4.79 Å². The summed E-state index contributed by atoms with van der Waals surface area (Å²) in [5, 5.41) is 11.4. The molecule has 0 aromatic heterocycles. The first-order valence-corrected chi connectivity index (χ1v) is 4.10. The molecule has 0 aliphatic carbocycles. The number of hydrogen-bond donors (Lipinski definition) is 2. The predicted octanol–water partition coefficient (Wildman–Crippen LogP) is 0.970. The lowest BCUT2D eigenvalue weighted by atomic mass is 9.84. The quantitative estimate of drug-likeness (QED) is 0.643. The van der Waals surface area contributed by atoms with Gasteiger partial charge in [0.1, 0.15) is 6.04 Å². The molecule has 0 aliphatic rings. The van der Waals surface area contributed by atoms with Gasteiger partial charge in [0.15, 0.2) is 0 Å². The third-order valence-corrected chi connectivity index (χ3v) is 1.92. The monoisotopic (exact) mass is 188 g/mol. The summed E-state index contributed by atoms with van der Waals surface area (Å²) in [4.78, 5) is 20.8. The van der Waals surface area contributed by atoms with Crippen LogP contribution in [0.3, 0.4) is 0 Å². The van der Waals surface area contributed by atoms with Crippen LogP contribution >= 0.6 is 0 Å². The van der Waals surface area contributed by atoms with Gasteiger partial charge in [0.05, 0.1) is 6.04 Å². The molecule has 2 unspecified atom stereocenters. The molecule has 0 rings (SSSR count). The summed E-state index contributed by atoms with van der Waals surface area (Å²) in [6.45, 7) is 5.48. The Hall–Kier alpha value is -0.970. The van der Waals surface area contributed by atoms with Gasteiger partial charge in [-0.25, -0.2) is 0 Å². The van der Waals surface area contributed by atoms with Crippen LogP contribution in [0.15, 0.2) is 5.18 Å². The van der Waals surface area contributed by atoms with E-state index in [2.05, 4.69) is 5.18 Å². The summed E-state index contributed by atoms with van der Waals surface area (Å²) in [5.74, 6) is -1.10. The van der Waals surface area contributed by atoms with E-state index in [4.69, 9.17) is 10.8 Å². The molecule has 0 radical (unpaired) electrons. The van der Waals surface area contributed by atoms with Crippen LogP contribution in [0, 0.1) is 10.3 Å². The normalized spacial score (nSPS) is 16.3. The number of nitrogens with two attached hydrogens (primary N) is 1. The second-order valence-electron chi connectivity index (χ2n) is 4.17. The summed E-state index contributed by atoms with van der Waals surface area (Å²) in [6.07, 6.45) is 0.0856. The molecule has 0 fully saturated rings. The SMILES string of the molecule is CC(C)(C)C(CC(N)C(=O)O)N=O. The van der Waals surface area contributed by atoms with Crippen molar-refractivity contribution in [3.63, 3.8) is 0 Å². The molecule has 0 saturated heterocycles. The zero-order valence-corrected chi connectivity index (χ0v) is 8.15. The van der Waals surface area contributed by atoms with E-state index in [0.717, 1.165) is 0 Å². The minimum atomic E-state index is -1.10. The minimum absolute atomic E-state index is 0.0856. The average molecular weight is 188 g/mol. The molecule has 0 bridgehead atoms. The zero-order valence-electron chi connectivity index (χ0n) is 8.15. The molecular formula is C8H16N2O3. The van der Waals surface area contributed by atoms with E-state index in [1.165, 1.54) is 0 Å². The summed E-state index contributed by atoms with van der Waals surface area (Å²) >= 11 is 0. The van der Waals surface area contributed by atoms with E-state index in [9.17, 15) is 9.70 Å². The number of carboxylic acid groups (broad SMARTS) is 1. The molecule has 5 nitrogen and oxygen atoms in total. The van der Waals surface area contributed by atoms with E-state index < -0.39 is 18.1 Å². The van der Waals surface area contributed by atoms with Crippen LogP contribution in [0.1, 0.15) is 27.2 Å². The maximum Gasteiger partial charge on any atom is 0.320 e. The van der Waals surface area contributed by atoms with Crippen molar-refractivity contribution in [2.75, 3.05) is 0 Å². The van der Waals surface area contributed by atoms with Crippen molar-refractivity contribution >= 4 is 5.97 Å². The zero-order chi connectivity index (χ0) is 10.6. The van der Waals surface area contributed by atoms with Crippen molar-refractivity contribution in [1.82, 2.24) is 0 Å². The van der Waals surface area contributed by atoms with Crippen molar-refractivity contribution in [1.29, 1.82) is 0 Å². The van der Waals surface area contributed by atoms with Crippen LogP contribution in [0.4, 0.5) is 0 Å². The van der Waals surface area contributed by atoms with E-state index in [0.29, 0.717) is 0 Å². The Balaban J connectivity index is 4.30. The largest absolute Gasteiger partial charge is 0.480 e. The second-order valence-corrected chi connectivity index (χ2v) is 4.17. The third kappa shape index (κ3) is 3.98. The highest BCUT2D eigenvalue weighted by Crippen LogP contribution is 2.25. The van der Waals surface area contributed by atoms with E-state index >= 15 is 0 Å². The van der Waals surface area contributed by atoms with Crippen LogP contribution < -0.4 is 5.73 Å². The van der Waals surface area contributed by atoms with Crippen molar-refractivity contribution in [2.45, 2.75) is 39.3 Å². The number of carboxylic acids is 1. The highest BCUT2D eigenvalue weighted by Gasteiger charge is 2.29. The summed E-state index contributed by atoms with van der Waals surface area (Å²) in [6, 6.07) is -1.57. The fourth-order valence-corrected chi connectivity index (χ4v) is 0.896.